The van der Waals surface area contributed by atoms with Gasteiger partial charge in [0.2, 0.25) is 0 Å². The molecule has 2 saturated carbocycles. The molecule has 0 N–H and O–H groups in total. The normalized spacial score (nSPS) is 20.8. The fraction of sp³-hybridized carbons (Fsp3) is 0.216. The number of nitriles is 1. The summed E-state index contributed by atoms with van der Waals surface area (Å²) >= 11 is 0. The number of fused-ring (bicyclic) bond motifs is 6. The monoisotopic (exact) mass is 710 g/mol. The van der Waals surface area contributed by atoms with Crippen molar-refractivity contribution in [2.45, 2.75) is 51.4 Å². The molecule has 8 aromatic rings. The molecule has 266 valence electrons. The molecular formula is C51H42N4. The fourth-order valence-electron chi connectivity index (χ4n) is 10.3. The molecule has 1 aromatic heterocycles. The van der Waals surface area contributed by atoms with E-state index in [1.165, 1.54) is 54.0 Å². The first-order valence-electron chi connectivity index (χ1n) is 19.7. The van der Waals surface area contributed by atoms with Gasteiger partial charge in [-0.2, -0.15) is 5.26 Å². The molecule has 1 unspecified atom stereocenters. The van der Waals surface area contributed by atoms with Crippen molar-refractivity contribution >= 4 is 32.3 Å². The van der Waals surface area contributed by atoms with Crippen LogP contribution in [-0.2, 0) is 5.41 Å². The highest BCUT2D eigenvalue weighted by atomic mass is 15.0. The average molecular weight is 711 g/mol. The molecule has 7 aromatic carbocycles. The molecule has 2 aliphatic rings. The van der Waals surface area contributed by atoms with Crippen molar-refractivity contribution in [3.8, 4) is 51.4 Å². The third-order valence-electron chi connectivity index (χ3n) is 12.5. The number of aromatic nitrogens is 3. The molecule has 2 bridgehead atoms. The van der Waals surface area contributed by atoms with Gasteiger partial charge >= 0.3 is 0 Å². The van der Waals surface area contributed by atoms with E-state index < -0.39 is 0 Å². The molecule has 1 heterocycles. The molecule has 2 fully saturated rings. The molecule has 4 atom stereocenters. The highest BCUT2D eigenvalue weighted by molar-refractivity contribution is 6.08. The van der Waals surface area contributed by atoms with Gasteiger partial charge in [0, 0.05) is 16.7 Å². The second-order valence-corrected chi connectivity index (χ2v) is 16.5. The Morgan fingerprint density at radius 1 is 0.491 bits per heavy atom. The summed E-state index contributed by atoms with van der Waals surface area (Å²) in [5.41, 5.74) is 7.63. The minimum absolute atomic E-state index is 0.270. The van der Waals surface area contributed by atoms with Crippen molar-refractivity contribution in [1.29, 1.82) is 5.26 Å². The Labute approximate surface area is 322 Å². The molecular weight excluding hydrogens is 669 g/mol. The standard InChI is InChI=1S/C51H42N4/c1-32-23-35-24-33(2)29-51(28-32,30-35)45-19-16-39(17-20-45)49-53-48(38-11-8-37(9-12-38)41-13-10-36-5-3-4-6-40(36)26-41)54-50(55-49)44-18-22-47-43(27-44)15-14-42-25-34(31-52)7-21-46(42)47/h3-22,25-27,32-33,35H,23-24,28-30H2,1-2H3/t32-,33+,35-,51?. The van der Waals surface area contributed by atoms with Gasteiger partial charge in [-0.15, -0.1) is 0 Å². The minimum atomic E-state index is 0.270. The summed E-state index contributed by atoms with van der Waals surface area (Å²) in [7, 11) is 0. The predicted octanol–water partition coefficient (Wildman–Crippen LogP) is 13.0. The van der Waals surface area contributed by atoms with Crippen LogP contribution in [0.3, 0.4) is 0 Å². The van der Waals surface area contributed by atoms with E-state index in [1.807, 2.05) is 18.2 Å². The lowest BCUT2D eigenvalue weighted by molar-refractivity contribution is 0.0780. The van der Waals surface area contributed by atoms with Crippen LogP contribution in [0.2, 0.25) is 0 Å². The summed E-state index contributed by atoms with van der Waals surface area (Å²) in [6, 6.07) is 51.7. The summed E-state index contributed by atoms with van der Waals surface area (Å²) < 4.78 is 0. The van der Waals surface area contributed by atoms with E-state index in [2.05, 4.69) is 141 Å². The third kappa shape index (κ3) is 6.15. The number of benzene rings is 7. The number of hydrogen-bond acceptors (Lipinski definition) is 4. The Bertz CT molecular complexity index is 2770. The summed E-state index contributed by atoms with van der Waals surface area (Å²) in [5.74, 6) is 4.35. The molecule has 0 spiro atoms. The van der Waals surface area contributed by atoms with E-state index in [9.17, 15) is 5.26 Å². The molecule has 4 nitrogen and oxygen atoms in total. The molecule has 4 heteroatoms. The van der Waals surface area contributed by atoms with Crippen molar-refractivity contribution in [2.75, 3.05) is 0 Å². The van der Waals surface area contributed by atoms with Crippen LogP contribution >= 0.6 is 0 Å². The van der Waals surface area contributed by atoms with Gasteiger partial charge in [0.25, 0.3) is 0 Å². The summed E-state index contributed by atoms with van der Waals surface area (Å²) in [6.45, 7) is 4.90. The second-order valence-electron chi connectivity index (χ2n) is 16.5. The van der Waals surface area contributed by atoms with E-state index in [1.54, 1.807) is 0 Å². The maximum absolute atomic E-state index is 9.44. The van der Waals surface area contributed by atoms with Crippen molar-refractivity contribution in [1.82, 2.24) is 15.0 Å². The molecule has 2 aliphatic carbocycles. The van der Waals surface area contributed by atoms with Crippen LogP contribution in [0.25, 0.3) is 77.6 Å². The Balaban J connectivity index is 1.05. The van der Waals surface area contributed by atoms with Crippen LogP contribution in [-0.4, -0.2) is 15.0 Å². The Morgan fingerprint density at radius 2 is 1.00 bits per heavy atom. The summed E-state index contributed by atoms with van der Waals surface area (Å²) in [5, 5.41) is 16.3. The minimum Gasteiger partial charge on any atom is -0.208 e. The fourth-order valence-corrected chi connectivity index (χ4v) is 10.3. The lowest BCUT2D eigenvalue weighted by Gasteiger charge is -2.50. The smallest absolute Gasteiger partial charge is 0.164 e. The largest absolute Gasteiger partial charge is 0.208 e. The van der Waals surface area contributed by atoms with Gasteiger partial charge in [-0.3, -0.25) is 0 Å². The topological polar surface area (TPSA) is 62.5 Å². The van der Waals surface area contributed by atoms with Crippen molar-refractivity contribution in [2.24, 2.45) is 17.8 Å². The Morgan fingerprint density at radius 3 is 1.67 bits per heavy atom. The zero-order valence-corrected chi connectivity index (χ0v) is 31.3. The van der Waals surface area contributed by atoms with Gasteiger partial charge in [0.05, 0.1) is 11.6 Å². The highest BCUT2D eigenvalue weighted by Gasteiger charge is 2.45. The molecule has 0 radical (unpaired) electrons. The van der Waals surface area contributed by atoms with Crippen LogP contribution in [0.5, 0.6) is 0 Å². The quantitative estimate of drug-likeness (QED) is 0.167. The van der Waals surface area contributed by atoms with E-state index in [0.29, 0.717) is 23.0 Å². The lowest BCUT2D eigenvalue weighted by atomic mass is 9.54. The zero-order valence-electron chi connectivity index (χ0n) is 31.3. The summed E-state index contributed by atoms with van der Waals surface area (Å²) in [6.07, 6.45) is 6.61. The predicted molar refractivity (Wildman–Crippen MR) is 225 cm³/mol. The van der Waals surface area contributed by atoms with E-state index in [0.717, 1.165) is 61.6 Å². The first-order chi connectivity index (χ1) is 26.9. The van der Waals surface area contributed by atoms with Gasteiger partial charge in [0.1, 0.15) is 0 Å². The molecule has 0 amide bonds. The Kier molecular flexibility index (Phi) is 8.07. The van der Waals surface area contributed by atoms with Gasteiger partial charge in [-0.1, -0.05) is 129 Å². The zero-order chi connectivity index (χ0) is 37.1. The second kappa shape index (κ2) is 13.3. The van der Waals surface area contributed by atoms with E-state index in [4.69, 9.17) is 15.0 Å². The molecule has 0 saturated heterocycles. The lowest BCUT2D eigenvalue weighted by Crippen LogP contribution is -2.42. The van der Waals surface area contributed by atoms with E-state index >= 15 is 0 Å². The van der Waals surface area contributed by atoms with Gasteiger partial charge in [0.15, 0.2) is 17.5 Å². The highest BCUT2D eigenvalue weighted by Crippen LogP contribution is 2.54. The molecule has 10 rings (SSSR count). The number of nitrogens with zero attached hydrogens (tertiary/aromatic N) is 4. The average Bonchev–Trinajstić information content (AvgIpc) is 3.22. The summed E-state index contributed by atoms with van der Waals surface area (Å²) in [4.78, 5) is 15.4. The maximum atomic E-state index is 9.44. The first-order valence-corrected chi connectivity index (χ1v) is 19.7. The first kappa shape index (κ1) is 33.4. The van der Waals surface area contributed by atoms with Crippen molar-refractivity contribution in [3.05, 3.63) is 151 Å². The number of hydrogen-bond donors (Lipinski definition) is 0. The Hall–Kier alpha value is -6.18. The molecule has 0 aliphatic heterocycles. The van der Waals surface area contributed by atoms with Crippen LogP contribution < -0.4 is 0 Å². The maximum Gasteiger partial charge on any atom is 0.164 e. The SMILES string of the molecule is C[C@@H]1C[C@@H]2C[C@H](C)CC(c3ccc(-c4nc(-c5ccc(-c6ccc7ccccc7c6)cc5)nc(-c5ccc6c(ccc7cc(C#N)ccc76)c5)n4)cc3)(C1)C2. The van der Waals surface area contributed by atoms with Crippen molar-refractivity contribution in [3.63, 3.8) is 0 Å². The number of rotatable bonds is 5. The van der Waals surface area contributed by atoms with E-state index in [-0.39, 0.29) is 5.41 Å². The van der Waals surface area contributed by atoms with Crippen LogP contribution in [0.15, 0.2) is 140 Å². The van der Waals surface area contributed by atoms with Crippen LogP contribution in [0.1, 0.15) is 57.1 Å². The third-order valence-corrected chi connectivity index (χ3v) is 12.5. The van der Waals surface area contributed by atoms with Crippen molar-refractivity contribution < 1.29 is 0 Å². The van der Waals surface area contributed by atoms with Crippen LogP contribution in [0, 0.1) is 29.1 Å². The van der Waals surface area contributed by atoms with Gasteiger partial charge in [-0.25, -0.2) is 15.0 Å². The van der Waals surface area contributed by atoms with Crippen LogP contribution in [0.4, 0.5) is 0 Å². The van der Waals surface area contributed by atoms with Gasteiger partial charge < -0.3 is 0 Å². The van der Waals surface area contributed by atoms with Gasteiger partial charge in [-0.05, 0) is 129 Å². The molecule has 55 heavy (non-hydrogen) atoms.